The molecule has 3 aliphatic heterocycles. The van der Waals surface area contributed by atoms with E-state index in [0.29, 0.717) is 23.6 Å². The van der Waals surface area contributed by atoms with Gasteiger partial charge in [0.2, 0.25) is 11.8 Å². The average molecular weight is 738 g/mol. The Kier molecular flexibility index (Phi) is 12.6. The van der Waals surface area contributed by atoms with E-state index in [9.17, 15) is 24.3 Å². The first-order valence-corrected chi connectivity index (χ1v) is 17.5. The monoisotopic (exact) mass is 737 g/mol. The number of carbonyl (C=O) groups is 4. The number of aliphatic hydroxyl groups is 1. The van der Waals surface area contributed by atoms with Crippen LogP contribution in [-0.2, 0) is 39.8 Å². The first kappa shape index (κ1) is 39.5. The molecule has 13 nitrogen and oxygen atoms in total. The molecule has 1 unspecified atom stereocenters. The van der Waals surface area contributed by atoms with Crippen molar-refractivity contribution >= 4 is 53.8 Å². The summed E-state index contributed by atoms with van der Waals surface area (Å²) < 4.78 is 29.0. The number of hydrogen-bond acceptors (Lipinski definition) is 11. The molecule has 0 aromatic heterocycles. The number of nitrogens with zero attached hydrogens (tertiary/aromatic N) is 2. The topological polar surface area (TPSA) is 156 Å². The minimum Gasteiger partial charge on any atom is -0.495 e. The number of epoxide rings is 1. The van der Waals surface area contributed by atoms with Gasteiger partial charge in [0.25, 0.3) is 0 Å². The van der Waals surface area contributed by atoms with E-state index >= 15 is 0 Å². The predicted octanol–water partition coefficient (Wildman–Crippen LogP) is 3.83. The van der Waals surface area contributed by atoms with Crippen molar-refractivity contribution in [2.75, 3.05) is 39.0 Å². The smallest absolute Gasteiger partial charge is 0.409 e. The molecule has 0 saturated carbocycles. The van der Waals surface area contributed by atoms with Crippen LogP contribution in [0.15, 0.2) is 35.9 Å². The number of rotatable bonds is 7. The van der Waals surface area contributed by atoms with Gasteiger partial charge >= 0.3 is 12.1 Å². The molecular weight excluding hydrogens is 690 g/mol. The number of methoxy groups -OCH3 is 2. The van der Waals surface area contributed by atoms with Crippen LogP contribution < -0.4 is 15.0 Å². The van der Waals surface area contributed by atoms with E-state index in [4.69, 9.17) is 35.3 Å². The highest BCUT2D eigenvalue weighted by Crippen LogP contribution is 2.49. The summed E-state index contributed by atoms with van der Waals surface area (Å²) in [5.74, 6) is -1.30. The average Bonchev–Trinajstić information content (AvgIpc) is 3.76. The molecule has 15 heteroatoms. The zero-order valence-corrected chi connectivity index (χ0v) is 31.4. The zero-order valence-electron chi connectivity index (χ0n) is 29.7. The van der Waals surface area contributed by atoms with Gasteiger partial charge in [-0.25, -0.2) is 9.59 Å². The number of allylic oxidation sites excluding steroid dienone is 3. The second kappa shape index (κ2) is 15.9. The zero-order chi connectivity index (χ0) is 37.1. The molecule has 1 aromatic rings. The Morgan fingerprint density at radius 3 is 2.62 bits per heavy atom. The SMILES string of the molecule is COc1cc2cc(c1Cl)N(C)C(=O)CC(OC(=O)[C@H](C)N(C)C(=O)CCS)[C@]1(C)O[C@H]1[C@H](C)[C@@H]1C[C@@](O)(NC(=O)O1)[C@H](OC)/C=C\C=C(\C)C2. The number of benzene rings is 1. The molecule has 0 spiro atoms. The predicted molar refractivity (Wildman–Crippen MR) is 189 cm³/mol. The van der Waals surface area contributed by atoms with Crippen LogP contribution in [0.25, 0.3) is 0 Å². The third kappa shape index (κ3) is 8.42. The van der Waals surface area contributed by atoms with Crippen molar-refractivity contribution in [3.8, 4) is 5.75 Å². The maximum Gasteiger partial charge on any atom is 0.409 e. The van der Waals surface area contributed by atoms with Crippen molar-refractivity contribution < 1.29 is 48.0 Å². The quantitative estimate of drug-likeness (QED) is 0.214. The first-order chi connectivity index (χ1) is 23.5. The fourth-order valence-corrected chi connectivity index (χ4v) is 6.99. The number of likely N-dealkylation sites (N-methyl/N-ethyl adjacent to an activating group) is 1. The highest BCUT2D eigenvalue weighted by Gasteiger charge is 2.64. The van der Waals surface area contributed by atoms with Crippen LogP contribution in [0, 0.1) is 5.92 Å². The van der Waals surface area contributed by atoms with Gasteiger partial charge in [0.1, 0.15) is 40.7 Å². The van der Waals surface area contributed by atoms with Crippen molar-refractivity contribution in [1.82, 2.24) is 10.2 Å². The van der Waals surface area contributed by atoms with E-state index in [2.05, 4.69) is 17.9 Å². The molecule has 0 radical (unpaired) electrons. The van der Waals surface area contributed by atoms with E-state index in [1.807, 2.05) is 13.0 Å². The number of alkyl carbamates (subject to hydrolysis) is 1. The lowest BCUT2D eigenvalue weighted by Crippen LogP contribution is -2.63. The van der Waals surface area contributed by atoms with Crippen LogP contribution in [0.4, 0.5) is 10.5 Å². The number of halogens is 1. The Bertz CT molecular complexity index is 1540. The number of thiol groups is 1. The summed E-state index contributed by atoms with van der Waals surface area (Å²) in [4.78, 5) is 55.6. The third-order valence-electron chi connectivity index (χ3n) is 9.85. The highest BCUT2D eigenvalue weighted by molar-refractivity contribution is 7.80. The Labute approximate surface area is 303 Å². The third-order valence-corrected chi connectivity index (χ3v) is 10.5. The molecule has 0 aliphatic carbocycles. The lowest BCUT2D eigenvalue weighted by molar-refractivity contribution is -0.161. The van der Waals surface area contributed by atoms with Crippen LogP contribution in [0.1, 0.15) is 52.5 Å². The second-order valence-corrected chi connectivity index (χ2v) is 14.2. The molecule has 8 atom stereocenters. The Balaban J connectivity index is 1.78. The maximum atomic E-state index is 14.0. The van der Waals surface area contributed by atoms with E-state index in [1.54, 1.807) is 45.2 Å². The van der Waals surface area contributed by atoms with Gasteiger partial charge in [-0.05, 0) is 50.6 Å². The van der Waals surface area contributed by atoms with Gasteiger partial charge in [0.05, 0.1) is 25.3 Å². The molecule has 2 N–H and O–H groups in total. The van der Waals surface area contributed by atoms with Gasteiger partial charge < -0.3 is 38.6 Å². The number of esters is 1. The van der Waals surface area contributed by atoms with Gasteiger partial charge in [-0.15, -0.1) is 0 Å². The van der Waals surface area contributed by atoms with Crippen LogP contribution in [-0.4, -0.2) is 110 Å². The number of carbonyl (C=O) groups excluding carboxylic acids is 4. The van der Waals surface area contributed by atoms with Gasteiger partial charge in [-0.3, -0.25) is 14.9 Å². The summed E-state index contributed by atoms with van der Waals surface area (Å²) >= 11 is 10.8. The van der Waals surface area contributed by atoms with Crippen molar-refractivity contribution in [2.45, 2.75) is 95.2 Å². The molecule has 50 heavy (non-hydrogen) atoms. The minimum absolute atomic E-state index is 0.0489. The fourth-order valence-electron chi connectivity index (χ4n) is 6.49. The summed E-state index contributed by atoms with van der Waals surface area (Å²) in [6.07, 6.45) is 1.08. The fraction of sp³-hybridized carbons (Fsp3) is 0.600. The lowest BCUT2D eigenvalue weighted by Gasteiger charge is -2.42. The Morgan fingerprint density at radius 1 is 1.28 bits per heavy atom. The summed E-state index contributed by atoms with van der Waals surface area (Å²) in [5, 5.41) is 14.4. The van der Waals surface area contributed by atoms with Crippen LogP contribution >= 0.6 is 24.2 Å². The van der Waals surface area contributed by atoms with Gasteiger partial charge in [-0.2, -0.15) is 12.6 Å². The molecular formula is C35H48ClN3O10S. The Morgan fingerprint density at radius 2 is 1.98 bits per heavy atom. The number of nitrogens with one attached hydrogen (secondary N) is 1. The molecule has 2 saturated heterocycles. The van der Waals surface area contributed by atoms with E-state index in [-0.39, 0.29) is 30.2 Å². The van der Waals surface area contributed by atoms with Crippen molar-refractivity contribution in [1.29, 1.82) is 0 Å². The number of hydrogen-bond donors (Lipinski definition) is 3. The summed E-state index contributed by atoms with van der Waals surface area (Å²) in [6.45, 7) is 6.96. The molecule has 3 heterocycles. The first-order valence-electron chi connectivity index (χ1n) is 16.4. The molecule has 3 aliphatic rings. The Hall–Kier alpha value is -3.30. The van der Waals surface area contributed by atoms with E-state index in [0.717, 1.165) is 11.1 Å². The number of fused-ring (bicyclic) bond motifs is 5. The molecule has 4 rings (SSSR count). The maximum absolute atomic E-state index is 14.0. The van der Waals surface area contributed by atoms with Crippen molar-refractivity contribution in [2.24, 2.45) is 5.92 Å². The van der Waals surface area contributed by atoms with Gasteiger partial charge in [-0.1, -0.05) is 42.3 Å². The van der Waals surface area contributed by atoms with E-state index < -0.39 is 65.7 Å². The number of ether oxygens (including phenoxy) is 5. The van der Waals surface area contributed by atoms with Crippen LogP contribution in [0.3, 0.4) is 0 Å². The van der Waals surface area contributed by atoms with E-state index in [1.165, 1.54) is 38.0 Å². The largest absolute Gasteiger partial charge is 0.495 e. The standard InChI is InChI=1S/C35H48ClN3O10S/c1-19-10-9-11-26(46-8)35(44)18-25(47-33(43)37-35)20(2)31-34(4,49-31)27(48-32(42)21(3)38(5)28(40)12-13-50)17-29(41)39(6)23-15-22(14-19)16-24(45-7)30(23)36/h9-11,15-16,20-21,25-27,31,44,50H,12-14,17-18H2,1-8H3,(H,37,43)/b11-9-,19-10-/t20-,21+,25+,26-,27?,31+,34+,35+/m1/s1. The minimum atomic E-state index is -1.82. The summed E-state index contributed by atoms with van der Waals surface area (Å²) in [5.41, 5.74) is -0.903. The number of anilines is 1. The van der Waals surface area contributed by atoms with Crippen LogP contribution in [0.5, 0.6) is 5.75 Å². The molecule has 276 valence electrons. The highest BCUT2D eigenvalue weighted by atomic mass is 35.5. The summed E-state index contributed by atoms with van der Waals surface area (Å²) in [7, 11) is 5.98. The summed E-state index contributed by atoms with van der Waals surface area (Å²) in [6, 6.07) is 2.60. The molecule has 1 aromatic carbocycles. The molecule has 2 fully saturated rings. The lowest BCUT2D eigenvalue weighted by atomic mass is 9.83. The van der Waals surface area contributed by atoms with Gasteiger partial charge in [0, 0.05) is 40.0 Å². The number of amides is 3. The molecule has 4 bridgehead atoms. The van der Waals surface area contributed by atoms with Crippen LogP contribution in [0.2, 0.25) is 5.02 Å². The normalized spacial score (nSPS) is 32.3. The van der Waals surface area contributed by atoms with Crippen molar-refractivity contribution in [3.63, 3.8) is 0 Å². The van der Waals surface area contributed by atoms with Crippen molar-refractivity contribution in [3.05, 3.63) is 46.5 Å². The van der Waals surface area contributed by atoms with Gasteiger partial charge in [0.15, 0.2) is 5.72 Å². The second-order valence-electron chi connectivity index (χ2n) is 13.4. The molecule has 3 amide bonds.